The number of aromatic nitrogens is 2. The Kier molecular flexibility index (Phi) is 3.71. The molecular weight excluding hydrogens is 241 g/mol. The summed E-state index contributed by atoms with van der Waals surface area (Å²) in [5.74, 6) is -0.240. The number of nitrogens with two attached hydrogens (primary N) is 1. The van der Waals surface area contributed by atoms with E-state index in [0.717, 1.165) is 16.8 Å². The van der Waals surface area contributed by atoms with Crippen LogP contribution in [-0.2, 0) is 0 Å². The van der Waals surface area contributed by atoms with E-state index in [2.05, 4.69) is 5.10 Å². The van der Waals surface area contributed by atoms with Crippen molar-refractivity contribution in [3.05, 3.63) is 41.5 Å². The van der Waals surface area contributed by atoms with Gasteiger partial charge in [0, 0.05) is 29.4 Å². The van der Waals surface area contributed by atoms with Gasteiger partial charge in [0.2, 0.25) is 0 Å². The van der Waals surface area contributed by atoms with Crippen LogP contribution in [0.25, 0.3) is 11.1 Å². The molecule has 2 aromatic rings. The number of halogens is 1. The second-order valence-corrected chi connectivity index (χ2v) is 5.23. The first-order chi connectivity index (χ1) is 8.90. The minimum atomic E-state index is -0.240. The van der Waals surface area contributed by atoms with Crippen LogP contribution in [0.5, 0.6) is 0 Å². The van der Waals surface area contributed by atoms with Crippen molar-refractivity contribution in [1.29, 1.82) is 0 Å². The standard InChI is InChI=1S/C15H20FN3/c1-9(2)19-8-14(11(4)18-19)13-7-12(10(3)17)5-6-15(13)16/h5-10H,17H2,1-4H3. The van der Waals surface area contributed by atoms with Gasteiger partial charge in [-0.25, -0.2) is 4.39 Å². The third kappa shape index (κ3) is 2.68. The van der Waals surface area contributed by atoms with Crippen molar-refractivity contribution < 1.29 is 4.39 Å². The Balaban J connectivity index is 2.54. The highest BCUT2D eigenvalue weighted by Gasteiger charge is 2.14. The van der Waals surface area contributed by atoms with Gasteiger partial charge in [-0.1, -0.05) is 6.07 Å². The summed E-state index contributed by atoms with van der Waals surface area (Å²) in [5.41, 5.74) is 9.01. The van der Waals surface area contributed by atoms with E-state index in [9.17, 15) is 4.39 Å². The zero-order chi connectivity index (χ0) is 14.2. The molecule has 0 bridgehead atoms. The van der Waals surface area contributed by atoms with E-state index in [1.807, 2.05) is 44.6 Å². The molecule has 1 unspecified atom stereocenters. The fourth-order valence-corrected chi connectivity index (χ4v) is 2.04. The number of benzene rings is 1. The molecule has 0 aliphatic heterocycles. The summed E-state index contributed by atoms with van der Waals surface area (Å²) in [6, 6.07) is 5.16. The molecule has 1 aromatic heterocycles. The molecule has 0 aliphatic rings. The monoisotopic (exact) mass is 261 g/mol. The van der Waals surface area contributed by atoms with Crippen molar-refractivity contribution in [2.75, 3.05) is 0 Å². The Morgan fingerprint density at radius 3 is 2.42 bits per heavy atom. The lowest BCUT2D eigenvalue weighted by Crippen LogP contribution is -2.05. The number of aryl methyl sites for hydroxylation is 1. The van der Waals surface area contributed by atoms with Gasteiger partial charge in [0.25, 0.3) is 0 Å². The van der Waals surface area contributed by atoms with Crippen LogP contribution >= 0.6 is 0 Å². The zero-order valence-electron chi connectivity index (χ0n) is 11.8. The summed E-state index contributed by atoms with van der Waals surface area (Å²) in [6.45, 7) is 7.88. The molecule has 4 heteroatoms. The molecule has 1 heterocycles. The fraction of sp³-hybridized carbons (Fsp3) is 0.400. The Morgan fingerprint density at radius 2 is 1.89 bits per heavy atom. The van der Waals surface area contributed by atoms with E-state index >= 15 is 0 Å². The van der Waals surface area contributed by atoms with Crippen LogP contribution in [-0.4, -0.2) is 9.78 Å². The topological polar surface area (TPSA) is 43.8 Å². The molecular formula is C15H20FN3. The Labute approximate surface area is 113 Å². The van der Waals surface area contributed by atoms with Crippen LogP contribution in [0.15, 0.2) is 24.4 Å². The van der Waals surface area contributed by atoms with Crippen molar-refractivity contribution >= 4 is 0 Å². The maximum atomic E-state index is 14.0. The summed E-state index contributed by atoms with van der Waals surface area (Å²) >= 11 is 0. The van der Waals surface area contributed by atoms with E-state index in [-0.39, 0.29) is 17.9 Å². The highest BCUT2D eigenvalue weighted by atomic mass is 19.1. The third-order valence-corrected chi connectivity index (χ3v) is 3.25. The number of hydrogen-bond acceptors (Lipinski definition) is 2. The minimum Gasteiger partial charge on any atom is -0.324 e. The molecule has 0 fully saturated rings. The molecule has 19 heavy (non-hydrogen) atoms. The van der Waals surface area contributed by atoms with Crippen molar-refractivity contribution in [1.82, 2.24) is 9.78 Å². The zero-order valence-corrected chi connectivity index (χ0v) is 11.8. The van der Waals surface area contributed by atoms with Crippen LogP contribution in [0.1, 0.15) is 44.1 Å². The highest BCUT2D eigenvalue weighted by molar-refractivity contribution is 5.66. The van der Waals surface area contributed by atoms with Crippen LogP contribution < -0.4 is 5.73 Å². The molecule has 3 nitrogen and oxygen atoms in total. The van der Waals surface area contributed by atoms with Gasteiger partial charge < -0.3 is 5.73 Å². The third-order valence-electron chi connectivity index (χ3n) is 3.25. The van der Waals surface area contributed by atoms with Crippen molar-refractivity contribution in [2.24, 2.45) is 5.73 Å². The maximum Gasteiger partial charge on any atom is 0.131 e. The number of nitrogens with zero attached hydrogens (tertiary/aromatic N) is 2. The largest absolute Gasteiger partial charge is 0.324 e. The normalized spacial score (nSPS) is 13.0. The van der Waals surface area contributed by atoms with Gasteiger partial charge in [-0.2, -0.15) is 5.10 Å². The Morgan fingerprint density at radius 1 is 1.21 bits per heavy atom. The van der Waals surface area contributed by atoms with E-state index in [4.69, 9.17) is 5.73 Å². The molecule has 102 valence electrons. The van der Waals surface area contributed by atoms with Gasteiger partial charge in [-0.15, -0.1) is 0 Å². The quantitative estimate of drug-likeness (QED) is 0.917. The Hall–Kier alpha value is -1.68. The molecule has 2 N–H and O–H groups in total. The SMILES string of the molecule is Cc1nn(C(C)C)cc1-c1cc(C(C)N)ccc1F. The second kappa shape index (κ2) is 5.13. The summed E-state index contributed by atoms with van der Waals surface area (Å²) in [6.07, 6.45) is 1.89. The lowest BCUT2D eigenvalue weighted by molar-refractivity contribution is 0.529. The average Bonchev–Trinajstić information content (AvgIpc) is 2.72. The molecule has 0 aliphatic carbocycles. The molecule has 0 saturated heterocycles. The van der Waals surface area contributed by atoms with E-state index in [0.29, 0.717) is 5.56 Å². The Bertz CT molecular complexity index is 585. The first kappa shape index (κ1) is 13.7. The van der Waals surface area contributed by atoms with E-state index in [1.54, 1.807) is 6.07 Å². The molecule has 0 spiro atoms. The predicted molar refractivity (Wildman–Crippen MR) is 75.3 cm³/mol. The minimum absolute atomic E-state index is 0.111. The first-order valence-corrected chi connectivity index (χ1v) is 6.51. The van der Waals surface area contributed by atoms with Crippen LogP contribution in [0.2, 0.25) is 0 Å². The second-order valence-electron chi connectivity index (χ2n) is 5.23. The van der Waals surface area contributed by atoms with E-state index in [1.165, 1.54) is 6.07 Å². The summed E-state index contributed by atoms with van der Waals surface area (Å²) in [4.78, 5) is 0. The molecule has 2 rings (SSSR count). The van der Waals surface area contributed by atoms with Gasteiger partial charge >= 0.3 is 0 Å². The maximum absolute atomic E-state index is 14.0. The molecule has 0 amide bonds. The van der Waals surface area contributed by atoms with Crippen LogP contribution in [0.3, 0.4) is 0 Å². The number of rotatable bonds is 3. The fourth-order valence-electron chi connectivity index (χ4n) is 2.04. The highest BCUT2D eigenvalue weighted by Crippen LogP contribution is 2.28. The smallest absolute Gasteiger partial charge is 0.131 e. The van der Waals surface area contributed by atoms with Crippen LogP contribution in [0, 0.1) is 12.7 Å². The average molecular weight is 261 g/mol. The van der Waals surface area contributed by atoms with E-state index < -0.39 is 0 Å². The summed E-state index contributed by atoms with van der Waals surface area (Å²) in [5, 5.41) is 4.42. The summed E-state index contributed by atoms with van der Waals surface area (Å²) < 4.78 is 15.9. The lowest BCUT2D eigenvalue weighted by atomic mass is 10.0. The molecule has 1 atom stereocenters. The van der Waals surface area contributed by atoms with Gasteiger partial charge in [0.1, 0.15) is 5.82 Å². The van der Waals surface area contributed by atoms with Crippen molar-refractivity contribution in [2.45, 2.75) is 39.8 Å². The molecule has 1 aromatic carbocycles. The molecule has 0 saturated carbocycles. The van der Waals surface area contributed by atoms with Gasteiger partial charge in [0.05, 0.1) is 5.69 Å². The van der Waals surface area contributed by atoms with Gasteiger partial charge in [-0.05, 0) is 45.4 Å². The first-order valence-electron chi connectivity index (χ1n) is 6.51. The van der Waals surface area contributed by atoms with Gasteiger partial charge in [0.15, 0.2) is 0 Å². The molecule has 0 radical (unpaired) electrons. The lowest BCUT2D eigenvalue weighted by Gasteiger charge is -2.09. The van der Waals surface area contributed by atoms with Gasteiger partial charge in [-0.3, -0.25) is 4.68 Å². The van der Waals surface area contributed by atoms with Crippen molar-refractivity contribution in [3.63, 3.8) is 0 Å². The summed E-state index contributed by atoms with van der Waals surface area (Å²) in [7, 11) is 0. The van der Waals surface area contributed by atoms with Crippen molar-refractivity contribution in [3.8, 4) is 11.1 Å². The van der Waals surface area contributed by atoms with Crippen LogP contribution in [0.4, 0.5) is 4.39 Å². The number of hydrogen-bond donors (Lipinski definition) is 1. The predicted octanol–water partition coefficient (Wildman–Crippen LogP) is 3.60.